The monoisotopic (exact) mass is 1060 g/mol. The smallest absolute Gasteiger partial charge is 0.297 e. The van der Waals surface area contributed by atoms with E-state index >= 15 is 0 Å². The molecule has 1 aromatic heterocycles. The quantitative estimate of drug-likeness (QED) is 0.164. The van der Waals surface area contributed by atoms with Gasteiger partial charge in [-0.1, -0.05) is 153 Å². The maximum absolute atomic E-state index is 8.09. The van der Waals surface area contributed by atoms with Crippen LogP contribution in [0.2, 0.25) is 0 Å². The van der Waals surface area contributed by atoms with E-state index in [1.165, 1.54) is 178 Å². The minimum Gasteiger partial charge on any atom is -0.472 e. The minimum atomic E-state index is -0.116. The van der Waals surface area contributed by atoms with E-state index in [1.807, 2.05) is 0 Å². The number of anilines is 6. The Hall–Kier alpha value is -4.96. The van der Waals surface area contributed by atoms with Crippen LogP contribution in [0.25, 0.3) is 11.1 Å². The molecule has 0 N–H and O–H groups in total. The van der Waals surface area contributed by atoms with Crippen LogP contribution in [-0.2, 0) is 48.7 Å². The normalized spacial score (nSPS) is 28.2. The van der Waals surface area contributed by atoms with Crippen LogP contribution in [0.4, 0.5) is 34.1 Å². The van der Waals surface area contributed by atoms with E-state index in [0.29, 0.717) is 0 Å². The molecular weight excluding hydrogens is 968 g/mol. The first-order valence-electron chi connectivity index (χ1n) is 32.0. The largest absolute Gasteiger partial charge is 0.472 e. The van der Waals surface area contributed by atoms with E-state index in [9.17, 15) is 0 Å². The highest BCUT2D eigenvalue weighted by atomic mass is 16.3. The van der Waals surface area contributed by atoms with Crippen LogP contribution in [0.5, 0.6) is 0 Å². The third kappa shape index (κ3) is 7.23. The predicted molar refractivity (Wildman–Crippen MR) is 339 cm³/mol. The zero-order chi connectivity index (χ0) is 56.0. The third-order valence-corrected chi connectivity index (χ3v) is 24.6. The fraction of sp³-hybridized carbons (Fsp3) is 0.553. The second-order valence-electron chi connectivity index (χ2n) is 33.8. The van der Waals surface area contributed by atoms with Crippen molar-refractivity contribution in [3.63, 3.8) is 0 Å². The second kappa shape index (κ2) is 16.2. The summed E-state index contributed by atoms with van der Waals surface area (Å²) in [6.07, 6.45) is 17.6. The maximum atomic E-state index is 8.09. The number of nitrogens with zero attached hydrogens (tertiary/aromatic N) is 2. The summed E-state index contributed by atoms with van der Waals surface area (Å²) in [6, 6.07) is 35.9. The highest BCUT2D eigenvalue weighted by Gasteiger charge is 2.57. The first kappa shape index (κ1) is 51.9. The molecule has 0 atom stereocenters. The Morgan fingerprint density at radius 3 is 1.45 bits per heavy atom. The molecule has 10 aliphatic rings. The van der Waals surface area contributed by atoms with Crippen molar-refractivity contribution < 1.29 is 4.42 Å². The summed E-state index contributed by atoms with van der Waals surface area (Å²) in [6.45, 7) is 40.2. The Kier molecular flexibility index (Phi) is 10.5. The standard InChI is InChI=1S/C76H93BN2O/c1-68(2)24-25-69(3,4)53-37-50(22-23-52(53)68)78-61-35-49(76-42-45-32-46(43-76)34-47(33-45)44-76)36-62-64(61)77(67-65(78)63-66(80-67)75(15,16)31-30-74(63,13)14)58-39-55-57(73(11,12)29-27-71(55,7)8)41-60(58)79(62)59-40-56-54(70(5,6)26-28-72(56,9)10)38-51(59)48-20-18-17-19-21-48/h17-23,35-41,45-47H,24-34,42-44H2,1-16H3. The van der Waals surface area contributed by atoms with E-state index in [0.717, 1.165) is 36.3 Å². The zero-order valence-corrected chi connectivity index (χ0v) is 52.1. The Morgan fingerprint density at radius 1 is 0.425 bits per heavy atom. The van der Waals surface area contributed by atoms with Crippen molar-refractivity contribution in [3.8, 4) is 11.1 Å². The molecule has 4 fully saturated rings. The third-order valence-electron chi connectivity index (χ3n) is 24.6. The minimum absolute atomic E-state index is 0.0172. The van der Waals surface area contributed by atoms with Crippen LogP contribution in [0.15, 0.2) is 89.3 Å². The number of furan rings is 1. The van der Waals surface area contributed by atoms with E-state index in [1.54, 1.807) is 5.56 Å². The summed E-state index contributed by atoms with van der Waals surface area (Å²) in [4.78, 5) is 5.74. The molecule has 0 saturated heterocycles. The van der Waals surface area contributed by atoms with Gasteiger partial charge in [0.25, 0.3) is 6.71 Å². The number of rotatable bonds is 4. The van der Waals surface area contributed by atoms with Gasteiger partial charge in [0.1, 0.15) is 5.76 Å². The summed E-state index contributed by atoms with van der Waals surface area (Å²) in [5.41, 5.74) is 27.2. The van der Waals surface area contributed by atoms with Crippen molar-refractivity contribution in [1.82, 2.24) is 0 Å². The molecule has 6 aromatic rings. The highest BCUT2D eigenvalue weighted by molar-refractivity contribution is 6.99. The molecule has 0 spiro atoms. The maximum Gasteiger partial charge on any atom is 0.297 e. The molecule has 80 heavy (non-hydrogen) atoms. The molecule has 5 aromatic carbocycles. The van der Waals surface area contributed by atoms with Gasteiger partial charge in [0, 0.05) is 39.3 Å². The van der Waals surface area contributed by atoms with Gasteiger partial charge in [-0.2, -0.15) is 0 Å². The van der Waals surface area contributed by atoms with Gasteiger partial charge >= 0.3 is 0 Å². The lowest BCUT2D eigenvalue weighted by atomic mass is 9.34. The van der Waals surface area contributed by atoms with Crippen LogP contribution < -0.4 is 26.4 Å². The van der Waals surface area contributed by atoms with Crippen LogP contribution in [-0.4, -0.2) is 6.71 Å². The molecule has 8 aliphatic carbocycles. The van der Waals surface area contributed by atoms with Gasteiger partial charge in [-0.05, 0) is 249 Å². The Bertz CT molecular complexity index is 3590. The molecule has 16 rings (SSSR count). The number of hydrogen-bond donors (Lipinski definition) is 0. The van der Waals surface area contributed by atoms with Crippen molar-refractivity contribution >= 4 is 57.4 Å². The highest BCUT2D eigenvalue weighted by Crippen LogP contribution is 2.64. The molecule has 0 radical (unpaired) electrons. The lowest BCUT2D eigenvalue weighted by Gasteiger charge is -2.57. The number of fused-ring (bicyclic) bond motifs is 9. The van der Waals surface area contributed by atoms with Crippen LogP contribution in [0, 0.1) is 17.8 Å². The summed E-state index contributed by atoms with van der Waals surface area (Å²) < 4.78 is 8.09. The number of benzene rings is 5. The average Bonchev–Trinajstić information content (AvgIpc) is 3.08. The van der Waals surface area contributed by atoms with Gasteiger partial charge < -0.3 is 14.2 Å². The lowest BCUT2D eigenvalue weighted by molar-refractivity contribution is -0.00514. The molecule has 3 nitrogen and oxygen atoms in total. The summed E-state index contributed by atoms with van der Waals surface area (Å²) in [5, 5.41) is 0. The predicted octanol–water partition coefficient (Wildman–Crippen LogP) is 18.9. The molecule has 4 bridgehead atoms. The SMILES string of the molecule is CC1(C)CCC(C)(C)c2cc(N3c4cc(C56CC7CC(CC(C7)C5)C6)cc5c4B(c4cc6c(cc4N5c4cc5c(cc4-c4ccccc4)C(C)(C)CCC5(C)C)C(C)(C)CCC6(C)C)c4oc5c(c43)C(C)(C)CCC5(C)C)ccc21. The van der Waals surface area contributed by atoms with Crippen molar-refractivity contribution in [2.45, 2.75) is 249 Å². The van der Waals surface area contributed by atoms with Gasteiger partial charge in [-0.3, -0.25) is 0 Å². The lowest BCUT2D eigenvalue weighted by Crippen LogP contribution is -2.62. The van der Waals surface area contributed by atoms with E-state index < -0.39 is 0 Å². The molecule has 4 heteroatoms. The second-order valence-corrected chi connectivity index (χ2v) is 33.8. The van der Waals surface area contributed by atoms with E-state index in [4.69, 9.17) is 4.42 Å². The fourth-order valence-electron chi connectivity index (χ4n) is 19.5. The van der Waals surface area contributed by atoms with Crippen LogP contribution in [0.1, 0.15) is 251 Å². The van der Waals surface area contributed by atoms with Crippen molar-refractivity contribution in [2.24, 2.45) is 17.8 Å². The first-order chi connectivity index (χ1) is 37.5. The van der Waals surface area contributed by atoms with Crippen molar-refractivity contribution in [3.05, 3.63) is 135 Å². The van der Waals surface area contributed by atoms with Crippen molar-refractivity contribution in [1.29, 1.82) is 0 Å². The topological polar surface area (TPSA) is 19.6 Å². The molecule has 3 heterocycles. The summed E-state index contributed by atoms with van der Waals surface area (Å²) in [5.74, 6) is 3.69. The molecule has 0 amide bonds. The van der Waals surface area contributed by atoms with Gasteiger partial charge in [0.05, 0.1) is 17.0 Å². The van der Waals surface area contributed by atoms with E-state index in [-0.39, 0.29) is 55.4 Å². The summed E-state index contributed by atoms with van der Waals surface area (Å²) >= 11 is 0. The Balaban J connectivity index is 1.13. The molecule has 4 saturated carbocycles. The van der Waals surface area contributed by atoms with Gasteiger partial charge in [0.15, 0.2) is 0 Å². The van der Waals surface area contributed by atoms with Crippen LogP contribution >= 0.6 is 0 Å². The zero-order valence-electron chi connectivity index (χ0n) is 52.1. The van der Waals surface area contributed by atoms with Crippen LogP contribution in [0.3, 0.4) is 0 Å². The van der Waals surface area contributed by atoms with E-state index in [2.05, 4.69) is 206 Å². The molecule has 416 valence electrons. The summed E-state index contributed by atoms with van der Waals surface area (Å²) in [7, 11) is 0. The Morgan fingerprint density at radius 2 is 0.887 bits per heavy atom. The Labute approximate surface area is 482 Å². The van der Waals surface area contributed by atoms with Gasteiger partial charge in [-0.15, -0.1) is 0 Å². The molecule has 0 unspecified atom stereocenters. The average molecular weight is 1060 g/mol. The van der Waals surface area contributed by atoms with Gasteiger partial charge in [0.2, 0.25) is 0 Å². The number of hydrogen-bond acceptors (Lipinski definition) is 3. The first-order valence-corrected chi connectivity index (χ1v) is 32.0. The fourth-order valence-corrected chi connectivity index (χ4v) is 19.5. The van der Waals surface area contributed by atoms with Gasteiger partial charge in [-0.25, -0.2) is 0 Å². The molecular formula is C76H93BN2O. The molecule has 2 aliphatic heterocycles. The van der Waals surface area contributed by atoms with Crippen molar-refractivity contribution in [2.75, 3.05) is 9.80 Å².